The van der Waals surface area contributed by atoms with Crippen molar-refractivity contribution < 1.29 is 20.1 Å². The highest BCUT2D eigenvalue weighted by molar-refractivity contribution is 4.95. The molecule has 0 bridgehead atoms. The van der Waals surface area contributed by atoms with Crippen LogP contribution in [0.15, 0.2) is 0 Å². The molecule has 1 rings (SSSR count). The fraction of sp³-hybridized carbons (Fsp3) is 1.00. The van der Waals surface area contributed by atoms with Crippen molar-refractivity contribution in [1.29, 1.82) is 0 Å². The number of aliphatic hydroxyl groups is 3. The molecule has 1 fully saturated rings. The van der Waals surface area contributed by atoms with E-state index < -0.39 is 30.5 Å². The molecule has 4 heteroatoms. The molecule has 0 aromatic heterocycles. The zero-order valence-corrected chi connectivity index (χ0v) is 13.8. The van der Waals surface area contributed by atoms with Gasteiger partial charge in [-0.1, -0.05) is 41.5 Å². The van der Waals surface area contributed by atoms with E-state index in [0.29, 0.717) is 12.8 Å². The molecular weight excluding hydrogens is 256 g/mol. The molecule has 0 amide bonds. The molecule has 5 atom stereocenters. The molecule has 0 radical (unpaired) electrons. The van der Waals surface area contributed by atoms with Gasteiger partial charge in [-0.25, -0.2) is 0 Å². The minimum absolute atomic E-state index is 0.0105. The van der Waals surface area contributed by atoms with E-state index in [1.807, 2.05) is 0 Å². The minimum atomic E-state index is -1.00. The molecule has 0 spiro atoms. The monoisotopic (exact) mass is 288 g/mol. The van der Waals surface area contributed by atoms with Gasteiger partial charge in [-0.3, -0.25) is 0 Å². The lowest BCUT2D eigenvalue weighted by Crippen LogP contribution is -2.39. The number of rotatable bonds is 4. The molecule has 3 N–H and O–H groups in total. The highest BCUT2D eigenvalue weighted by Crippen LogP contribution is 2.34. The standard InChI is InChI=1S/C16H32O4/c1-15(2,3)8-7-10(17)14-13(19)12(18)11(20-14)9-16(4,5)6/h10-14,17-19H,7-9H2,1-6H3/t10?,11-,12-,13+,14+/m0/s1. The van der Waals surface area contributed by atoms with Gasteiger partial charge in [-0.2, -0.15) is 0 Å². The Labute approximate surface area is 123 Å². The Morgan fingerprint density at radius 1 is 0.950 bits per heavy atom. The average molecular weight is 288 g/mol. The Hall–Kier alpha value is -0.160. The van der Waals surface area contributed by atoms with Crippen molar-refractivity contribution in [2.75, 3.05) is 0 Å². The first kappa shape index (κ1) is 17.9. The van der Waals surface area contributed by atoms with E-state index in [-0.39, 0.29) is 10.8 Å². The Morgan fingerprint density at radius 2 is 1.50 bits per heavy atom. The maximum Gasteiger partial charge on any atom is 0.112 e. The molecule has 1 heterocycles. The molecule has 120 valence electrons. The van der Waals surface area contributed by atoms with Crippen molar-refractivity contribution in [3.63, 3.8) is 0 Å². The molecule has 4 nitrogen and oxygen atoms in total. The van der Waals surface area contributed by atoms with Crippen LogP contribution in [0.3, 0.4) is 0 Å². The van der Waals surface area contributed by atoms with Crippen LogP contribution in [0.5, 0.6) is 0 Å². The zero-order valence-electron chi connectivity index (χ0n) is 13.8. The molecule has 0 saturated carbocycles. The van der Waals surface area contributed by atoms with Crippen molar-refractivity contribution in [2.24, 2.45) is 10.8 Å². The Bertz CT molecular complexity index is 303. The first-order chi connectivity index (χ1) is 8.91. The molecule has 0 aromatic rings. The zero-order chi connectivity index (χ0) is 15.7. The van der Waals surface area contributed by atoms with E-state index >= 15 is 0 Å². The van der Waals surface area contributed by atoms with Crippen molar-refractivity contribution in [1.82, 2.24) is 0 Å². The summed E-state index contributed by atoms with van der Waals surface area (Å²) in [5.74, 6) is 0. The number of aliphatic hydroxyl groups excluding tert-OH is 3. The summed E-state index contributed by atoms with van der Waals surface area (Å²) in [6, 6.07) is 0. The summed E-state index contributed by atoms with van der Waals surface area (Å²) in [4.78, 5) is 0. The van der Waals surface area contributed by atoms with Gasteiger partial charge in [0.25, 0.3) is 0 Å². The summed E-state index contributed by atoms with van der Waals surface area (Å²) in [6.07, 6.45) is -1.65. The third-order valence-corrected chi connectivity index (χ3v) is 3.78. The quantitative estimate of drug-likeness (QED) is 0.741. The second-order valence-electron chi connectivity index (χ2n) is 8.55. The lowest BCUT2D eigenvalue weighted by molar-refractivity contribution is -0.0761. The van der Waals surface area contributed by atoms with Crippen LogP contribution in [0.1, 0.15) is 60.8 Å². The normalized spacial score (nSPS) is 33.5. The number of hydrogen-bond acceptors (Lipinski definition) is 4. The largest absolute Gasteiger partial charge is 0.390 e. The predicted octanol–water partition coefficient (Wildman–Crippen LogP) is 2.10. The van der Waals surface area contributed by atoms with Crippen LogP contribution in [-0.4, -0.2) is 45.8 Å². The summed E-state index contributed by atoms with van der Waals surface area (Å²) in [7, 11) is 0. The van der Waals surface area contributed by atoms with E-state index in [1.165, 1.54) is 0 Å². The molecule has 0 aliphatic carbocycles. The Kier molecular flexibility index (Phi) is 5.64. The highest BCUT2D eigenvalue weighted by atomic mass is 16.6. The third-order valence-electron chi connectivity index (χ3n) is 3.78. The first-order valence-electron chi connectivity index (χ1n) is 7.60. The SMILES string of the molecule is CC(C)(C)CCC(O)[C@H]1O[C@@H](CC(C)(C)C)[C@H](O)[C@H]1O. The molecule has 1 unspecified atom stereocenters. The fourth-order valence-corrected chi connectivity index (χ4v) is 2.61. The van der Waals surface area contributed by atoms with Crippen LogP contribution in [0.25, 0.3) is 0 Å². The number of hydrogen-bond donors (Lipinski definition) is 3. The fourth-order valence-electron chi connectivity index (χ4n) is 2.61. The Balaban J connectivity index is 2.59. The van der Waals surface area contributed by atoms with Crippen molar-refractivity contribution >= 4 is 0 Å². The van der Waals surface area contributed by atoms with E-state index in [1.54, 1.807) is 0 Å². The van der Waals surface area contributed by atoms with E-state index in [2.05, 4.69) is 41.5 Å². The summed E-state index contributed by atoms with van der Waals surface area (Å²) in [5.41, 5.74) is 0.143. The van der Waals surface area contributed by atoms with Crippen LogP contribution >= 0.6 is 0 Å². The summed E-state index contributed by atoms with van der Waals surface area (Å²) in [5, 5.41) is 30.4. The van der Waals surface area contributed by atoms with Gasteiger partial charge in [0.2, 0.25) is 0 Å². The molecule has 1 aliphatic rings. The predicted molar refractivity (Wildman–Crippen MR) is 79.4 cm³/mol. The van der Waals surface area contributed by atoms with Crippen LogP contribution in [0.4, 0.5) is 0 Å². The summed E-state index contributed by atoms with van der Waals surface area (Å²) in [6.45, 7) is 12.5. The summed E-state index contributed by atoms with van der Waals surface area (Å²) >= 11 is 0. The van der Waals surface area contributed by atoms with Gasteiger partial charge < -0.3 is 20.1 Å². The van der Waals surface area contributed by atoms with Crippen molar-refractivity contribution in [3.05, 3.63) is 0 Å². The van der Waals surface area contributed by atoms with E-state index in [9.17, 15) is 15.3 Å². The van der Waals surface area contributed by atoms with Crippen molar-refractivity contribution in [2.45, 2.75) is 91.3 Å². The lowest BCUT2D eigenvalue weighted by Gasteiger charge is -2.26. The van der Waals surface area contributed by atoms with Gasteiger partial charge in [0, 0.05) is 0 Å². The van der Waals surface area contributed by atoms with Gasteiger partial charge in [0.1, 0.15) is 18.3 Å². The van der Waals surface area contributed by atoms with Gasteiger partial charge >= 0.3 is 0 Å². The van der Waals surface area contributed by atoms with Crippen LogP contribution < -0.4 is 0 Å². The smallest absolute Gasteiger partial charge is 0.112 e. The molecule has 1 saturated heterocycles. The molecule has 1 aliphatic heterocycles. The van der Waals surface area contributed by atoms with E-state index in [0.717, 1.165) is 6.42 Å². The highest BCUT2D eigenvalue weighted by Gasteiger charge is 2.46. The van der Waals surface area contributed by atoms with Gasteiger partial charge in [0.05, 0.1) is 12.2 Å². The van der Waals surface area contributed by atoms with Gasteiger partial charge in [-0.15, -0.1) is 0 Å². The van der Waals surface area contributed by atoms with Gasteiger partial charge in [0.15, 0.2) is 0 Å². The molecule has 20 heavy (non-hydrogen) atoms. The topological polar surface area (TPSA) is 69.9 Å². The first-order valence-corrected chi connectivity index (χ1v) is 7.60. The lowest BCUT2D eigenvalue weighted by atomic mass is 9.86. The van der Waals surface area contributed by atoms with E-state index in [4.69, 9.17) is 4.74 Å². The van der Waals surface area contributed by atoms with Gasteiger partial charge in [-0.05, 0) is 30.1 Å². The maximum atomic E-state index is 10.2. The van der Waals surface area contributed by atoms with Crippen LogP contribution in [0.2, 0.25) is 0 Å². The average Bonchev–Trinajstić information content (AvgIpc) is 2.51. The van der Waals surface area contributed by atoms with Crippen LogP contribution in [-0.2, 0) is 4.74 Å². The van der Waals surface area contributed by atoms with Crippen LogP contribution in [0, 0.1) is 10.8 Å². The Morgan fingerprint density at radius 3 is 1.95 bits per heavy atom. The maximum absolute atomic E-state index is 10.2. The summed E-state index contributed by atoms with van der Waals surface area (Å²) < 4.78 is 5.74. The third kappa shape index (κ3) is 5.32. The minimum Gasteiger partial charge on any atom is -0.390 e. The molecule has 0 aromatic carbocycles. The molecular formula is C16H32O4. The number of ether oxygens (including phenoxy) is 1. The second kappa shape index (κ2) is 6.30. The second-order valence-corrected chi connectivity index (χ2v) is 8.55. The van der Waals surface area contributed by atoms with Crippen molar-refractivity contribution in [3.8, 4) is 0 Å².